The van der Waals surface area contributed by atoms with Gasteiger partial charge in [0.1, 0.15) is 6.61 Å². The number of methoxy groups -OCH3 is 1. The maximum atomic E-state index is 13.9. The molecule has 2 aromatic rings. The first-order chi connectivity index (χ1) is 17.5. The average Bonchev–Trinajstić information content (AvgIpc) is 3.19. The van der Waals surface area contributed by atoms with Gasteiger partial charge in [0.05, 0.1) is 19.3 Å². The van der Waals surface area contributed by atoms with E-state index in [0.29, 0.717) is 43.9 Å². The highest BCUT2D eigenvalue weighted by Crippen LogP contribution is 2.30. The summed E-state index contributed by atoms with van der Waals surface area (Å²) in [5.41, 5.74) is 0.121. The van der Waals surface area contributed by atoms with Crippen LogP contribution in [-0.2, 0) is 11.3 Å². The molecule has 0 bridgehead atoms. The minimum atomic E-state index is -0.984. The summed E-state index contributed by atoms with van der Waals surface area (Å²) in [6.07, 6.45) is 4.36. The zero-order valence-corrected chi connectivity index (χ0v) is 21.1. The molecule has 0 spiro atoms. The van der Waals surface area contributed by atoms with Crippen LogP contribution in [0, 0.1) is 5.82 Å². The Morgan fingerprint density at radius 1 is 1.00 bits per heavy atom. The van der Waals surface area contributed by atoms with Gasteiger partial charge in [0, 0.05) is 32.6 Å². The highest BCUT2D eigenvalue weighted by Gasteiger charge is 2.31. The minimum Gasteiger partial charge on any atom is -0.493 e. The predicted octanol–water partition coefficient (Wildman–Crippen LogP) is 4.02. The number of amides is 1. The van der Waals surface area contributed by atoms with E-state index in [1.54, 1.807) is 25.3 Å². The first-order valence-electron chi connectivity index (χ1n) is 12.9. The van der Waals surface area contributed by atoms with Crippen LogP contribution in [0.1, 0.15) is 44.1 Å². The van der Waals surface area contributed by atoms with Gasteiger partial charge in [-0.2, -0.15) is 0 Å². The summed E-state index contributed by atoms with van der Waals surface area (Å²) in [6, 6.07) is 12.2. The van der Waals surface area contributed by atoms with E-state index >= 15 is 0 Å². The van der Waals surface area contributed by atoms with Gasteiger partial charge in [-0.05, 0) is 68.5 Å². The minimum absolute atomic E-state index is 0.0747. The topological polar surface area (TPSA) is 71.5 Å². The van der Waals surface area contributed by atoms with E-state index in [1.165, 1.54) is 6.07 Å². The molecule has 196 valence electrons. The molecule has 2 aromatic carbocycles. The van der Waals surface area contributed by atoms with E-state index in [2.05, 4.69) is 4.90 Å². The molecule has 7 nitrogen and oxygen atoms in total. The Morgan fingerprint density at radius 2 is 1.86 bits per heavy atom. The Balaban J connectivity index is 1.28. The zero-order valence-electron chi connectivity index (χ0n) is 21.1. The van der Waals surface area contributed by atoms with Gasteiger partial charge in [-0.1, -0.05) is 18.2 Å². The quantitative estimate of drug-likeness (QED) is 0.470. The maximum Gasteiger partial charge on any atom is 0.222 e. The standard InChI is InChI=1S/C28H37FN2O5/c1-34-25-11-10-22(19-26(25)35-18-6-16-31-15-4-9-27(31)32)20-30-14-5-12-28(33,13-17-30)21-36-24-8-3-2-7-23(24)29/h2-3,7-8,10-11,19,33H,4-6,9,12-18,20-21H2,1H3/t28-/m0/s1. The Labute approximate surface area is 212 Å². The molecule has 1 N–H and O–H groups in total. The van der Waals surface area contributed by atoms with Crippen molar-refractivity contribution >= 4 is 5.91 Å². The van der Waals surface area contributed by atoms with Crippen LogP contribution in [0.15, 0.2) is 42.5 Å². The molecule has 0 saturated carbocycles. The van der Waals surface area contributed by atoms with E-state index in [0.717, 1.165) is 51.0 Å². The van der Waals surface area contributed by atoms with Crippen LogP contribution in [0.25, 0.3) is 0 Å². The molecule has 0 radical (unpaired) electrons. The SMILES string of the molecule is COc1ccc(CN2CCC[C@@](O)(COc3ccccc3F)CC2)cc1OCCCN1CCCC1=O. The number of benzene rings is 2. The monoisotopic (exact) mass is 500 g/mol. The summed E-state index contributed by atoms with van der Waals surface area (Å²) >= 11 is 0. The summed E-state index contributed by atoms with van der Waals surface area (Å²) in [6.45, 7) is 4.45. The van der Waals surface area contributed by atoms with E-state index in [1.807, 2.05) is 23.1 Å². The first kappa shape index (κ1) is 26.2. The number of ether oxygens (including phenoxy) is 3. The van der Waals surface area contributed by atoms with Gasteiger partial charge in [-0.15, -0.1) is 0 Å². The smallest absolute Gasteiger partial charge is 0.222 e. The fourth-order valence-electron chi connectivity index (χ4n) is 4.88. The van der Waals surface area contributed by atoms with Gasteiger partial charge in [-0.3, -0.25) is 9.69 Å². The number of aliphatic hydroxyl groups is 1. The van der Waals surface area contributed by atoms with Crippen LogP contribution in [0.4, 0.5) is 4.39 Å². The third-order valence-corrected chi connectivity index (χ3v) is 6.98. The van der Waals surface area contributed by atoms with Crippen LogP contribution < -0.4 is 14.2 Å². The van der Waals surface area contributed by atoms with E-state index < -0.39 is 11.4 Å². The van der Waals surface area contributed by atoms with Gasteiger partial charge in [0.2, 0.25) is 5.91 Å². The highest BCUT2D eigenvalue weighted by molar-refractivity contribution is 5.77. The van der Waals surface area contributed by atoms with Gasteiger partial charge < -0.3 is 24.2 Å². The second-order valence-electron chi connectivity index (χ2n) is 9.74. The second-order valence-corrected chi connectivity index (χ2v) is 9.74. The number of halogens is 1. The lowest BCUT2D eigenvalue weighted by Gasteiger charge is -2.27. The van der Waals surface area contributed by atoms with Gasteiger partial charge >= 0.3 is 0 Å². The van der Waals surface area contributed by atoms with Crippen molar-refractivity contribution in [2.24, 2.45) is 0 Å². The number of carbonyl (C=O) groups excluding carboxylic acids is 1. The molecule has 4 rings (SSSR count). The van der Waals surface area contributed by atoms with Crippen molar-refractivity contribution in [1.82, 2.24) is 9.80 Å². The Bertz CT molecular complexity index is 1020. The number of nitrogens with zero attached hydrogens (tertiary/aromatic N) is 2. The van der Waals surface area contributed by atoms with Gasteiger partial charge in [0.25, 0.3) is 0 Å². The second kappa shape index (κ2) is 12.4. The number of para-hydroxylation sites is 1. The Morgan fingerprint density at radius 3 is 2.64 bits per heavy atom. The van der Waals surface area contributed by atoms with E-state index in [-0.39, 0.29) is 18.3 Å². The third-order valence-electron chi connectivity index (χ3n) is 6.98. The van der Waals surface area contributed by atoms with Crippen LogP contribution in [-0.4, -0.2) is 72.9 Å². The molecular weight excluding hydrogens is 463 g/mol. The van der Waals surface area contributed by atoms with Crippen molar-refractivity contribution in [3.05, 3.63) is 53.8 Å². The molecule has 1 atom stereocenters. The van der Waals surface area contributed by atoms with Crippen LogP contribution in [0.5, 0.6) is 17.2 Å². The molecular formula is C28H37FN2O5. The maximum absolute atomic E-state index is 13.9. The van der Waals surface area contributed by atoms with Gasteiger partial charge in [0.15, 0.2) is 23.1 Å². The Kier molecular flexibility index (Phi) is 9.04. The normalized spacial score (nSPS) is 20.9. The number of hydrogen-bond acceptors (Lipinski definition) is 6. The number of hydrogen-bond donors (Lipinski definition) is 1. The van der Waals surface area contributed by atoms with Crippen molar-refractivity contribution in [3.8, 4) is 17.2 Å². The lowest BCUT2D eigenvalue weighted by molar-refractivity contribution is -0.127. The molecule has 36 heavy (non-hydrogen) atoms. The number of rotatable bonds is 11. The zero-order chi connectivity index (χ0) is 25.4. The summed E-state index contributed by atoms with van der Waals surface area (Å²) < 4.78 is 31.0. The van der Waals surface area contributed by atoms with E-state index in [9.17, 15) is 14.3 Å². The first-order valence-corrected chi connectivity index (χ1v) is 12.9. The van der Waals surface area contributed by atoms with Gasteiger partial charge in [-0.25, -0.2) is 4.39 Å². The van der Waals surface area contributed by atoms with Crippen molar-refractivity contribution < 1.29 is 28.5 Å². The fourth-order valence-corrected chi connectivity index (χ4v) is 4.88. The van der Waals surface area contributed by atoms with Crippen LogP contribution in [0.2, 0.25) is 0 Å². The summed E-state index contributed by atoms with van der Waals surface area (Å²) in [4.78, 5) is 16.0. The third kappa shape index (κ3) is 7.11. The molecule has 0 aliphatic carbocycles. The number of likely N-dealkylation sites (tertiary alicyclic amines) is 2. The molecule has 2 saturated heterocycles. The van der Waals surface area contributed by atoms with Crippen molar-refractivity contribution in [2.75, 3.05) is 46.5 Å². The highest BCUT2D eigenvalue weighted by atomic mass is 19.1. The van der Waals surface area contributed by atoms with Crippen molar-refractivity contribution in [1.29, 1.82) is 0 Å². The number of carbonyl (C=O) groups is 1. The molecule has 0 aromatic heterocycles. The average molecular weight is 501 g/mol. The molecule has 2 fully saturated rings. The molecule has 8 heteroatoms. The van der Waals surface area contributed by atoms with Crippen molar-refractivity contribution in [2.45, 2.75) is 50.7 Å². The summed E-state index contributed by atoms with van der Waals surface area (Å²) in [7, 11) is 1.63. The predicted molar refractivity (Wildman–Crippen MR) is 135 cm³/mol. The van der Waals surface area contributed by atoms with E-state index in [4.69, 9.17) is 14.2 Å². The summed E-state index contributed by atoms with van der Waals surface area (Å²) in [5.74, 6) is 1.37. The molecule has 2 aliphatic rings. The molecule has 2 aliphatic heterocycles. The van der Waals surface area contributed by atoms with Crippen LogP contribution >= 0.6 is 0 Å². The van der Waals surface area contributed by atoms with Crippen LogP contribution in [0.3, 0.4) is 0 Å². The lowest BCUT2D eigenvalue weighted by Crippen LogP contribution is -2.37. The summed E-state index contributed by atoms with van der Waals surface area (Å²) in [5, 5.41) is 11.1. The molecule has 0 unspecified atom stereocenters. The lowest BCUT2D eigenvalue weighted by atomic mass is 9.96. The Hall–Kier alpha value is -2.84. The molecule has 1 amide bonds. The fraction of sp³-hybridized carbons (Fsp3) is 0.536. The van der Waals surface area contributed by atoms with Crippen molar-refractivity contribution in [3.63, 3.8) is 0 Å². The largest absolute Gasteiger partial charge is 0.493 e. The molecule has 2 heterocycles.